The van der Waals surface area contributed by atoms with Gasteiger partial charge in [0.15, 0.2) is 11.5 Å². The highest BCUT2D eigenvalue weighted by molar-refractivity contribution is 5.81. The van der Waals surface area contributed by atoms with Crippen molar-refractivity contribution in [1.82, 2.24) is 19.5 Å². The fraction of sp³-hybridized carbons (Fsp3) is 0.462. The maximum Gasteiger partial charge on any atom is 0.208 e. The third-order valence-electron chi connectivity index (χ3n) is 2.69. The molecular weight excluding hydrogens is 226 g/mol. The Bertz CT molecular complexity index is 603. The van der Waals surface area contributed by atoms with Crippen LogP contribution in [0.15, 0.2) is 6.33 Å². The highest BCUT2D eigenvalue weighted by atomic mass is 15.1. The van der Waals surface area contributed by atoms with Gasteiger partial charge >= 0.3 is 0 Å². The molecule has 0 aliphatic carbocycles. The molecule has 2 aromatic rings. The van der Waals surface area contributed by atoms with E-state index in [-0.39, 0.29) is 0 Å². The summed E-state index contributed by atoms with van der Waals surface area (Å²) in [5, 5.41) is 0. The predicted molar refractivity (Wildman–Crippen MR) is 71.8 cm³/mol. The normalized spacial score (nSPS) is 10.3. The van der Waals surface area contributed by atoms with Crippen molar-refractivity contribution in [1.29, 1.82) is 0 Å². The Morgan fingerprint density at radius 3 is 2.89 bits per heavy atom. The molecule has 0 bridgehead atoms. The minimum atomic E-state index is 0.395. The quantitative estimate of drug-likeness (QED) is 0.661. The van der Waals surface area contributed by atoms with E-state index in [1.54, 1.807) is 6.33 Å². The Kier molecular flexibility index (Phi) is 3.78. The number of anilines is 1. The van der Waals surface area contributed by atoms with Crippen LogP contribution in [0.2, 0.25) is 0 Å². The fourth-order valence-electron chi connectivity index (χ4n) is 1.66. The second-order valence-corrected chi connectivity index (χ2v) is 4.04. The molecule has 94 valence electrons. The molecule has 0 saturated carbocycles. The molecule has 0 unspecified atom stereocenters. The topological polar surface area (TPSA) is 69.6 Å². The van der Waals surface area contributed by atoms with E-state index in [0.717, 1.165) is 31.5 Å². The number of imidazole rings is 1. The van der Waals surface area contributed by atoms with Gasteiger partial charge in [-0.3, -0.25) is 0 Å². The molecule has 0 saturated heterocycles. The minimum absolute atomic E-state index is 0.395. The summed E-state index contributed by atoms with van der Waals surface area (Å²) in [5.74, 6) is 6.90. The average molecular weight is 243 g/mol. The van der Waals surface area contributed by atoms with Gasteiger partial charge in [-0.25, -0.2) is 15.0 Å². The van der Waals surface area contributed by atoms with E-state index in [2.05, 4.69) is 33.7 Å². The molecule has 5 nitrogen and oxygen atoms in total. The number of hydrogen-bond acceptors (Lipinski definition) is 4. The summed E-state index contributed by atoms with van der Waals surface area (Å²) in [5.41, 5.74) is 7.26. The van der Waals surface area contributed by atoms with Gasteiger partial charge in [-0.05, 0) is 19.3 Å². The van der Waals surface area contributed by atoms with Crippen LogP contribution in [0.25, 0.3) is 11.2 Å². The third-order valence-corrected chi connectivity index (χ3v) is 2.69. The second kappa shape index (κ2) is 5.50. The van der Waals surface area contributed by atoms with Gasteiger partial charge in [0.05, 0.1) is 6.33 Å². The van der Waals surface area contributed by atoms with Crippen LogP contribution in [0.1, 0.15) is 38.9 Å². The summed E-state index contributed by atoms with van der Waals surface area (Å²) < 4.78 is 1.94. The summed E-state index contributed by atoms with van der Waals surface area (Å²) >= 11 is 0. The Hall–Kier alpha value is -2.09. The Labute approximate surface area is 106 Å². The van der Waals surface area contributed by atoms with Crippen molar-refractivity contribution in [2.45, 2.75) is 39.7 Å². The smallest absolute Gasteiger partial charge is 0.208 e. The number of nitrogen functional groups attached to an aromatic ring is 1. The number of aryl methyl sites for hydroxylation is 1. The minimum Gasteiger partial charge on any atom is -0.382 e. The zero-order valence-corrected chi connectivity index (χ0v) is 10.8. The average Bonchev–Trinajstić information content (AvgIpc) is 2.78. The molecule has 0 fully saturated rings. The second-order valence-electron chi connectivity index (χ2n) is 4.04. The van der Waals surface area contributed by atoms with Gasteiger partial charge < -0.3 is 10.3 Å². The van der Waals surface area contributed by atoms with Crippen molar-refractivity contribution in [2.24, 2.45) is 0 Å². The monoisotopic (exact) mass is 243 g/mol. The summed E-state index contributed by atoms with van der Waals surface area (Å²) in [4.78, 5) is 12.8. The lowest BCUT2D eigenvalue weighted by Gasteiger charge is -1.99. The number of aromatic nitrogens is 4. The highest BCUT2D eigenvalue weighted by Crippen LogP contribution is 2.15. The van der Waals surface area contributed by atoms with Gasteiger partial charge in [0.25, 0.3) is 0 Å². The number of unbranched alkanes of at least 4 members (excludes halogenated alkanes) is 2. The Morgan fingerprint density at radius 1 is 1.33 bits per heavy atom. The first kappa shape index (κ1) is 12.4. The summed E-state index contributed by atoms with van der Waals surface area (Å²) in [6, 6.07) is 0. The van der Waals surface area contributed by atoms with Crippen molar-refractivity contribution >= 4 is 17.0 Å². The lowest BCUT2D eigenvalue weighted by atomic mass is 10.2. The largest absolute Gasteiger partial charge is 0.382 e. The summed E-state index contributed by atoms with van der Waals surface area (Å²) in [6.07, 6.45) is 4.83. The van der Waals surface area contributed by atoms with Crippen LogP contribution >= 0.6 is 0 Å². The maximum atomic E-state index is 5.86. The Morgan fingerprint density at radius 2 is 2.17 bits per heavy atom. The first-order chi connectivity index (χ1) is 8.76. The van der Waals surface area contributed by atoms with E-state index >= 15 is 0 Å². The highest BCUT2D eigenvalue weighted by Gasteiger charge is 2.08. The van der Waals surface area contributed by atoms with Gasteiger partial charge in [0.1, 0.15) is 5.52 Å². The van der Waals surface area contributed by atoms with Gasteiger partial charge in [0, 0.05) is 13.0 Å². The fourth-order valence-corrected chi connectivity index (χ4v) is 1.66. The molecule has 0 radical (unpaired) electrons. The molecule has 2 heterocycles. The van der Waals surface area contributed by atoms with E-state index in [9.17, 15) is 0 Å². The van der Waals surface area contributed by atoms with Gasteiger partial charge in [-0.15, -0.1) is 0 Å². The van der Waals surface area contributed by atoms with Crippen molar-refractivity contribution in [3.8, 4) is 11.8 Å². The molecule has 2 rings (SSSR count). The SMILES string of the molecule is CCCCC#Cc1nc(N)c2ncn(CC)c2n1. The summed E-state index contributed by atoms with van der Waals surface area (Å²) in [6.45, 7) is 4.98. The standard InChI is InChI=1S/C13H17N5/c1-3-5-6-7-8-10-16-12(14)11-13(17-10)18(4-2)9-15-11/h9H,3-6H2,1-2H3,(H2,14,16,17). The van der Waals surface area contributed by atoms with Crippen molar-refractivity contribution < 1.29 is 0 Å². The third kappa shape index (κ3) is 2.43. The van der Waals surface area contributed by atoms with E-state index in [1.165, 1.54) is 0 Å². The zero-order valence-electron chi connectivity index (χ0n) is 10.8. The molecule has 0 spiro atoms. The van der Waals surface area contributed by atoms with Crippen LogP contribution in [0.5, 0.6) is 0 Å². The van der Waals surface area contributed by atoms with Crippen LogP contribution in [-0.2, 0) is 6.54 Å². The summed E-state index contributed by atoms with van der Waals surface area (Å²) in [7, 11) is 0. The molecule has 0 aliphatic heterocycles. The molecule has 2 N–H and O–H groups in total. The molecule has 0 amide bonds. The molecule has 2 aromatic heterocycles. The van der Waals surface area contributed by atoms with Crippen LogP contribution < -0.4 is 5.73 Å². The van der Waals surface area contributed by atoms with Crippen LogP contribution in [-0.4, -0.2) is 19.5 Å². The number of hydrogen-bond donors (Lipinski definition) is 1. The first-order valence-corrected chi connectivity index (χ1v) is 6.23. The molecule has 18 heavy (non-hydrogen) atoms. The molecular formula is C13H17N5. The van der Waals surface area contributed by atoms with Crippen molar-refractivity contribution in [2.75, 3.05) is 5.73 Å². The van der Waals surface area contributed by atoms with Crippen LogP contribution in [0.4, 0.5) is 5.82 Å². The van der Waals surface area contributed by atoms with Crippen LogP contribution in [0.3, 0.4) is 0 Å². The van der Waals surface area contributed by atoms with Gasteiger partial charge in [-0.2, -0.15) is 0 Å². The Balaban J connectivity index is 2.36. The zero-order chi connectivity index (χ0) is 13.0. The molecule has 0 aliphatic rings. The number of nitrogens with two attached hydrogens (primary N) is 1. The number of fused-ring (bicyclic) bond motifs is 1. The lowest BCUT2D eigenvalue weighted by Crippen LogP contribution is -2.01. The molecule has 5 heteroatoms. The lowest BCUT2D eigenvalue weighted by molar-refractivity contribution is 0.776. The van der Waals surface area contributed by atoms with E-state index in [1.807, 2.05) is 11.5 Å². The van der Waals surface area contributed by atoms with Crippen molar-refractivity contribution in [3.63, 3.8) is 0 Å². The number of rotatable bonds is 3. The van der Waals surface area contributed by atoms with E-state index < -0.39 is 0 Å². The van der Waals surface area contributed by atoms with E-state index in [4.69, 9.17) is 5.73 Å². The van der Waals surface area contributed by atoms with Gasteiger partial charge in [-0.1, -0.05) is 19.3 Å². The predicted octanol–water partition coefficient (Wildman–Crippen LogP) is 1.97. The molecule has 0 aromatic carbocycles. The molecule has 0 atom stereocenters. The van der Waals surface area contributed by atoms with Crippen LogP contribution in [0, 0.1) is 11.8 Å². The van der Waals surface area contributed by atoms with Crippen molar-refractivity contribution in [3.05, 3.63) is 12.2 Å². The van der Waals surface area contributed by atoms with Gasteiger partial charge in [0.2, 0.25) is 5.82 Å². The first-order valence-electron chi connectivity index (χ1n) is 6.23. The maximum absolute atomic E-state index is 5.86. The number of nitrogens with zero attached hydrogens (tertiary/aromatic N) is 4. The van der Waals surface area contributed by atoms with E-state index in [0.29, 0.717) is 17.2 Å².